The van der Waals surface area contributed by atoms with E-state index in [-0.39, 0.29) is 12.5 Å². The summed E-state index contributed by atoms with van der Waals surface area (Å²) in [5.74, 6) is -0.802. The molecule has 0 bridgehead atoms. The number of nitrogens with one attached hydrogen (secondary N) is 1. The van der Waals surface area contributed by atoms with Crippen LogP contribution in [0, 0.1) is 0 Å². The van der Waals surface area contributed by atoms with Gasteiger partial charge in [-0.25, -0.2) is 4.98 Å². The van der Waals surface area contributed by atoms with E-state index < -0.39 is 5.97 Å². The smallest absolute Gasteiger partial charge is 0.303 e. The Balaban J connectivity index is 1.94. The van der Waals surface area contributed by atoms with Gasteiger partial charge in [0.15, 0.2) is 5.13 Å². The first-order valence-corrected chi connectivity index (χ1v) is 6.87. The number of anilines is 1. The minimum Gasteiger partial charge on any atom is -0.481 e. The minimum absolute atomic E-state index is 0.0691. The highest BCUT2D eigenvalue weighted by molar-refractivity contribution is 7.13. The van der Waals surface area contributed by atoms with Gasteiger partial charge in [0, 0.05) is 18.0 Å². The van der Waals surface area contributed by atoms with Crippen molar-refractivity contribution in [2.24, 2.45) is 0 Å². The van der Waals surface area contributed by atoms with Gasteiger partial charge in [-0.1, -0.05) is 6.07 Å². The monoisotopic (exact) mass is 277 g/mol. The third kappa shape index (κ3) is 4.03. The van der Waals surface area contributed by atoms with E-state index in [2.05, 4.69) is 15.3 Å². The first kappa shape index (κ1) is 13.5. The van der Waals surface area contributed by atoms with Gasteiger partial charge in [0.1, 0.15) is 0 Å². The van der Waals surface area contributed by atoms with Gasteiger partial charge in [-0.3, -0.25) is 9.78 Å². The van der Waals surface area contributed by atoms with Crippen LogP contribution in [0.5, 0.6) is 0 Å². The molecule has 100 valence electrons. The lowest BCUT2D eigenvalue weighted by Gasteiger charge is -2.11. The summed E-state index contributed by atoms with van der Waals surface area (Å²) in [5.41, 5.74) is 1.76. The maximum absolute atomic E-state index is 10.5. The molecule has 0 aliphatic carbocycles. The van der Waals surface area contributed by atoms with Crippen LogP contribution >= 0.6 is 11.3 Å². The summed E-state index contributed by atoms with van der Waals surface area (Å²) in [6, 6.07) is 5.85. The first-order valence-electron chi connectivity index (χ1n) is 5.99. The van der Waals surface area contributed by atoms with Gasteiger partial charge in [-0.2, -0.15) is 0 Å². The van der Waals surface area contributed by atoms with Crippen molar-refractivity contribution in [3.8, 4) is 0 Å². The van der Waals surface area contributed by atoms with Gasteiger partial charge in [-0.05, 0) is 19.1 Å². The van der Waals surface area contributed by atoms with Gasteiger partial charge in [0.2, 0.25) is 0 Å². The molecule has 0 saturated carbocycles. The fourth-order valence-corrected chi connectivity index (χ4v) is 2.45. The van der Waals surface area contributed by atoms with Gasteiger partial charge < -0.3 is 10.4 Å². The maximum atomic E-state index is 10.5. The largest absolute Gasteiger partial charge is 0.481 e. The topological polar surface area (TPSA) is 75.1 Å². The summed E-state index contributed by atoms with van der Waals surface area (Å²) >= 11 is 1.48. The van der Waals surface area contributed by atoms with E-state index in [9.17, 15) is 4.79 Å². The van der Waals surface area contributed by atoms with Crippen molar-refractivity contribution in [1.82, 2.24) is 9.97 Å². The first-order chi connectivity index (χ1) is 9.15. The fourth-order valence-electron chi connectivity index (χ4n) is 1.61. The average molecular weight is 277 g/mol. The summed E-state index contributed by atoms with van der Waals surface area (Å²) in [5, 5.41) is 14.6. The number of thiazole rings is 1. The predicted molar refractivity (Wildman–Crippen MR) is 74.3 cm³/mol. The zero-order valence-electron chi connectivity index (χ0n) is 10.5. The van der Waals surface area contributed by atoms with Gasteiger partial charge in [0.25, 0.3) is 0 Å². The van der Waals surface area contributed by atoms with Crippen molar-refractivity contribution in [3.63, 3.8) is 0 Å². The van der Waals surface area contributed by atoms with Crippen LogP contribution in [-0.2, 0) is 11.2 Å². The number of carbonyl (C=O) groups is 1. The van der Waals surface area contributed by atoms with Crippen molar-refractivity contribution in [2.45, 2.75) is 25.8 Å². The second kappa shape index (κ2) is 6.29. The van der Waals surface area contributed by atoms with E-state index in [0.717, 1.165) is 16.5 Å². The maximum Gasteiger partial charge on any atom is 0.303 e. The Kier molecular flexibility index (Phi) is 4.46. The molecule has 19 heavy (non-hydrogen) atoms. The predicted octanol–water partition coefficient (Wildman–Crippen LogP) is 2.73. The Labute approximate surface area is 115 Å². The molecule has 0 aliphatic heterocycles. The molecule has 2 aromatic heterocycles. The molecule has 0 saturated heterocycles. The molecule has 2 heterocycles. The number of rotatable bonds is 6. The van der Waals surface area contributed by atoms with Crippen molar-refractivity contribution in [2.75, 3.05) is 5.32 Å². The number of aliphatic carboxylic acids is 1. The highest BCUT2D eigenvalue weighted by Crippen LogP contribution is 2.21. The quantitative estimate of drug-likeness (QED) is 0.849. The standard InChI is InChI=1S/C13H15N3O2S/c1-9(11-4-2-3-7-14-11)15-13-16-10(8-19-13)5-6-12(17)18/h2-4,7-9H,5-6H2,1H3,(H,15,16)(H,17,18). The van der Waals surface area contributed by atoms with Crippen LogP contribution in [0.2, 0.25) is 0 Å². The van der Waals surface area contributed by atoms with Crippen LogP contribution in [0.25, 0.3) is 0 Å². The number of aryl methyl sites for hydroxylation is 1. The summed E-state index contributed by atoms with van der Waals surface area (Å²) < 4.78 is 0. The Hall–Kier alpha value is -1.95. The molecule has 0 spiro atoms. The molecule has 0 fully saturated rings. The van der Waals surface area contributed by atoms with Crippen LogP contribution in [0.1, 0.15) is 30.8 Å². The lowest BCUT2D eigenvalue weighted by molar-refractivity contribution is -0.136. The van der Waals surface area contributed by atoms with Crippen LogP contribution in [-0.4, -0.2) is 21.0 Å². The molecule has 2 aromatic rings. The van der Waals surface area contributed by atoms with E-state index in [0.29, 0.717) is 6.42 Å². The van der Waals surface area contributed by atoms with E-state index >= 15 is 0 Å². The minimum atomic E-state index is -0.802. The van der Waals surface area contributed by atoms with Gasteiger partial charge in [0.05, 0.1) is 23.9 Å². The molecule has 5 nitrogen and oxygen atoms in total. The lowest BCUT2D eigenvalue weighted by Crippen LogP contribution is -2.08. The van der Waals surface area contributed by atoms with Gasteiger partial charge >= 0.3 is 5.97 Å². The molecule has 1 atom stereocenters. The number of aromatic nitrogens is 2. The second-order valence-corrected chi connectivity index (χ2v) is 5.02. The van der Waals surface area contributed by atoms with Crippen molar-refractivity contribution in [3.05, 3.63) is 41.2 Å². The third-order valence-electron chi connectivity index (χ3n) is 2.62. The molecule has 0 aromatic carbocycles. The van der Waals surface area contributed by atoms with Crippen LogP contribution in [0.3, 0.4) is 0 Å². The number of pyridine rings is 1. The zero-order valence-corrected chi connectivity index (χ0v) is 11.4. The van der Waals surface area contributed by atoms with Crippen molar-refractivity contribution >= 4 is 22.4 Å². The number of carboxylic acid groups (broad SMARTS) is 1. The Morgan fingerprint density at radius 3 is 3.05 bits per heavy atom. The molecule has 2 rings (SSSR count). The Morgan fingerprint density at radius 1 is 1.53 bits per heavy atom. The van der Waals surface area contributed by atoms with E-state index in [4.69, 9.17) is 5.11 Å². The zero-order chi connectivity index (χ0) is 13.7. The summed E-state index contributed by atoms with van der Waals surface area (Å²) in [7, 11) is 0. The molecule has 0 aliphatic rings. The second-order valence-electron chi connectivity index (χ2n) is 4.16. The number of hydrogen-bond acceptors (Lipinski definition) is 5. The summed E-state index contributed by atoms with van der Waals surface area (Å²) in [6.07, 6.45) is 2.33. The molecule has 0 amide bonds. The van der Waals surface area contributed by atoms with Crippen molar-refractivity contribution in [1.29, 1.82) is 0 Å². The molecule has 2 N–H and O–H groups in total. The molecular weight excluding hydrogens is 262 g/mol. The SMILES string of the molecule is CC(Nc1nc(CCC(=O)O)cs1)c1ccccn1. The molecule has 1 unspecified atom stereocenters. The normalized spacial score (nSPS) is 12.1. The summed E-state index contributed by atoms with van der Waals surface area (Å²) in [4.78, 5) is 19.1. The molecule has 6 heteroatoms. The average Bonchev–Trinajstić information content (AvgIpc) is 2.85. The number of hydrogen-bond donors (Lipinski definition) is 2. The molecular formula is C13H15N3O2S. The van der Waals surface area contributed by atoms with Crippen LogP contribution in [0.4, 0.5) is 5.13 Å². The molecule has 0 radical (unpaired) electrons. The summed E-state index contributed by atoms with van der Waals surface area (Å²) in [6.45, 7) is 2.01. The number of nitrogens with zero attached hydrogens (tertiary/aromatic N) is 2. The van der Waals surface area contributed by atoms with Gasteiger partial charge in [-0.15, -0.1) is 11.3 Å². The highest BCUT2D eigenvalue weighted by Gasteiger charge is 2.09. The highest BCUT2D eigenvalue weighted by atomic mass is 32.1. The fraction of sp³-hybridized carbons (Fsp3) is 0.308. The van der Waals surface area contributed by atoms with E-state index in [1.54, 1.807) is 6.20 Å². The Morgan fingerprint density at radius 2 is 2.37 bits per heavy atom. The van der Waals surface area contributed by atoms with Crippen LogP contribution < -0.4 is 5.32 Å². The van der Waals surface area contributed by atoms with Crippen LogP contribution in [0.15, 0.2) is 29.8 Å². The van der Waals surface area contributed by atoms with E-state index in [1.165, 1.54) is 11.3 Å². The third-order valence-corrected chi connectivity index (χ3v) is 3.44. The van der Waals surface area contributed by atoms with E-state index in [1.807, 2.05) is 30.5 Å². The lowest BCUT2D eigenvalue weighted by atomic mass is 10.2. The Bertz CT molecular complexity index is 542. The number of carboxylic acids is 1. The van der Waals surface area contributed by atoms with Crippen molar-refractivity contribution < 1.29 is 9.90 Å².